The minimum atomic E-state index is -1.41. The molecule has 0 aromatic heterocycles. The van der Waals surface area contributed by atoms with Crippen LogP contribution >= 0.6 is 0 Å². The summed E-state index contributed by atoms with van der Waals surface area (Å²) in [4.78, 5) is 23.0. The number of rotatable bonds is 6. The zero-order valence-corrected chi connectivity index (χ0v) is 12.1. The smallest absolute Gasteiger partial charge is 0.308 e. The zero-order chi connectivity index (χ0) is 15.2. The summed E-state index contributed by atoms with van der Waals surface area (Å²) < 4.78 is 4.49. The Morgan fingerprint density at radius 2 is 1.90 bits per heavy atom. The Labute approximate surface area is 118 Å². The molecular formula is C15H21NO4. The Morgan fingerprint density at radius 3 is 2.45 bits per heavy atom. The van der Waals surface area contributed by atoms with Crippen LogP contribution in [0.3, 0.4) is 0 Å². The monoisotopic (exact) mass is 279 g/mol. The number of amides is 1. The van der Waals surface area contributed by atoms with E-state index < -0.39 is 11.6 Å². The van der Waals surface area contributed by atoms with Crippen molar-refractivity contribution in [2.45, 2.75) is 38.3 Å². The van der Waals surface area contributed by atoms with Crippen molar-refractivity contribution < 1.29 is 19.4 Å². The fourth-order valence-corrected chi connectivity index (χ4v) is 1.91. The summed E-state index contributed by atoms with van der Waals surface area (Å²) in [5.41, 5.74) is -0.429. The summed E-state index contributed by atoms with van der Waals surface area (Å²) in [5.74, 6) is -0.853. The minimum absolute atomic E-state index is 0.153. The maximum Gasteiger partial charge on any atom is 0.308 e. The molecule has 0 bridgehead atoms. The lowest BCUT2D eigenvalue weighted by molar-refractivity contribution is -0.146. The van der Waals surface area contributed by atoms with E-state index in [-0.39, 0.29) is 24.8 Å². The van der Waals surface area contributed by atoms with Gasteiger partial charge in [-0.2, -0.15) is 0 Å². The van der Waals surface area contributed by atoms with Crippen molar-refractivity contribution in [1.82, 2.24) is 5.32 Å². The van der Waals surface area contributed by atoms with Gasteiger partial charge in [0, 0.05) is 0 Å². The molecule has 20 heavy (non-hydrogen) atoms. The fourth-order valence-electron chi connectivity index (χ4n) is 1.91. The van der Waals surface area contributed by atoms with E-state index in [1.165, 1.54) is 14.0 Å². The quantitative estimate of drug-likeness (QED) is 0.775. The lowest BCUT2D eigenvalue weighted by Gasteiger charge is -2.22. The molecule has 0 radical (unpaired) electrons. The van der Waals surface area contributed by atoms with Gasteiger partial charge in [-0.15, -0.1) is 0 Å². The normalized spacial score (nSPS) is 15.0. The SMILES string of the molecule is COC(=O)C[C@@](C)(O)CC(=O)N[C@@H](C)c1ccccc1. The molecule has 0 unspecified atom stereocenters. The summed E-state index contributed by atoms with van der Waals surface area (Å²) in [7, 11) is 1.25. The fraction of sp³-hybridized carbons (Fsp3) is 0.467. The highest BCUT2D eigenvalue weighted by atomic mass is 16.5. The van der Waals surface area contributed by atoms with Crippen molar-refractivity contribution in [3.8, 4) is 0 Å². The molecule has 0 saturated carbocycles. The first kappa shape index (κ1) is 16.2. The standard InChI is InChI=1S/C15H21NO4/c1-11(12-7-5-4-6-8-12)16-13(17)9-15(2,19)10-14(18)20-3/h4-8,11,19H,9-10H2,1-3H3,(H,16,17)/t11-,15-/m0/s1. The topological polar surface area (TPSA) is 75.6 Å². The maximum absolute atomic E-state index is 11.9. The summed E-state index contributed by atoms with van der Waals surface area (Å²) in [5, 5.41) is 12.8. The molecule has 1 aromatic carbocycles. The number of hydrogen-bond acceptors (Lipinski definition) is 4. The van der Waals surface area contributed by atoms with Gasteiger partial charge in [0.05, 0.1) is 31.6 Å². The first-order valence-electron chi connectivity index (χ1n) is 6.47. The number of aliphatic hydroxyl groups is 1. The third kappa shape index (κ3) is 5.40. The largest absolute Gasteiger partial charge is 0.469 e. The van der Waals surface area contributed by atoms with E-state index in [0.29, 0.717) is 0 Å². The molecule has 2 atom stereocenters. The molecular weight excluding hydrogens is 258 g/mol. The second-order valence-electron chi connectivity index (χ2n) is 5.13. The van der Waals surface area contributed by atoms with E-state index in [1.807, 2.05) is 37.3 Å². The van der Waals surface area contributed by atoms with Crippen LogP contribution in [0.2, 0.25) is 0 Å². The molecule has 0 heterocycles. The van der Waals surface area contributed by atoms with Gasteiger partial charge in [-0.1, -0.05) is 30.3 Å². The van der Waals surface area contributed by atoms with E-state index in [1.54, 1.807) is 0 Å². The van der Waals surface area contributed by atoms with Crippen LogP contribution in [0.15, 0.2) is 30.3 Å². The van der Waals surface area contributed by atoms with Crippen molar-refractivity contribution in [1.29, 1.82) is 0 Å². The number of benzene rings is 1. The van der Waals surface area contributed by atoms with Crippen molar-refractivity contribution >= 4 is 11.9 Å². The average molecular weight is 279 g/mol. The lowest BCUT2D eigenvalue weighted by Crippen LogP contribution is -2.37. The highest BCUT2D eigenvalue weighted by Gasteiger charge is 2.28. The number of esters is 1. The Kier molecular flexibility index (Phi) is 5.70. The molecule has 5 heteroatoms. The van der Waals surface area contributed by atoms with Crippen LogP contribution in [0, 0.1) is 0 Å². The summed E-state index contributed by atoms with van der Waals surface area (Å²) >= 11 is 0. The number of carbonyl (C=O) groups is 2. The van der Waals surface area contributed by atoms with Crippen LogP contribution in [-0.4, -0.2) is 29.7 Å². The van der Waals surface area contributed by atoms with Crippen LogP contribution < -0.4 is 5.32 Å². The third-order valence-electron chi connectivity index (χ3n) is 2.97. The van der Waals surface area contributed by atoms with Crippen LogP contribution in [0.25, 0.3) is 0 Å². The minimum Gasteiger partial charge on any atom is -0.469 e. The van der Waals surface area contributed by atoms with Gasteiger partial charge in [-0.25, -0.2) is 0 Å². The van der Waals surface area contributed by atoms with E-state index in [2.05, 4.69) is 10.1 Å². The van der Waals surface area contributed by atoms with E-state index in [9.17, 15) is 14.7 Å². The molecule has 0 aliphatic heterocycles. The number of methoxy groups -OCH3 is 1. The molecule has 0 aliphatic rings. The van der Waals surface area contributed by atoms with E-state index in [4.69, 9.17) is 0 Å². The summed E-state index contributed by atoms with van der Waals surface area (Å²) in [6.45, 7) is 3.30. The van der Waals surface area contributed by atoms with Gasteiger partial charge in [0.25, 0.3) is 0 Å². The predicted octanol–water partition coefficient (Wildman–Crippen LogP) is 1.57. The number of hydrogen-bond donors (Lipinski definition) is 2. The Hall–Kier alpha value is -1.88. The Bertz CT molecular complexity index is 456. The van der Waals surface area contributed by atoms with Crippen LogP contribution in [-0.2, 0) is 14.3 Å². The molecule has 0 saturated heterocycles. The molecule has 1 amide bonds. The van der Waals surface area contributed by atoms with Gasteiger partial charge < -0.3 is 15.2 Å². The van der Waals surface area contributed by atoms with Gasteiger partial charge in [0.15, 0.2) is 0 Å². The molecule has 0 spiro atoms. The molecule has 110 valence electrons. The van der Waals surface area contributed by atoms with Crippen molar-refractivity contribution in [3.05, 3.63) is 35.9 Å². The summed E-state index contributed by atoms with van der Waals surface area (Å²) in [6, 6.07) is 9.36. The van der Waals surface area contributed by atoms with Crippen LogP contribution in [0.5, 0.6) is 0 Å². The lowest BCUT2D eigenvalue weighted by atomic mass is 9.97. The number of carbonyl (C=O) groups excluding carboxylic acids is 2. The number of nitrogens with one attached hydrogen (secondary N) is 1. The van der Waals surface area contributed by atoms with Crippen LogP contribution in [0.4, 0.5) is 0 Å². The molecule has 0 aliphatic carbocycles. The van der Waals surface area contributed by atoms with E-state index in [0.717, 1.165) is 5.56 Å². The van der Waals surface area contributed by atoms with Crippen molar-refractivity contribution in [2.24, 2.45) is 0 Å². The summed E-state index contributed by atoms with van der Waals surface area (Å²) in [6.07, 6.45) is -0.365. The zero-order valence-electron chi connectivity index (χ0n) is 12.1. The highest BCUT2D eigenvalue weighted by molar-refractivity contribution is 5.79. The second-order valence-corrected chi connectivity index (χ2v) is 5.13. The van der Waals surface area contributed by atoms with Gasteiger partial charge >= 0.3 is 5.97 Å². The van der Waals surface area contributed by atoms with Gasteiger partial charge in [-0.3, -0.25) is 9.59 Å². The van der Waals surface area contributed by atoms with Gasteiger partial charge in [0.2, 0.25) is 5.91 Å². The first-order valence-corrected chi connectivity index (χ1v) is 6.47. The molecule has 0 fully saturated rings. The average Bonchev–Trinajstić information content (AvgIpc) is 2.38. The maximum atomic E-state index is 11.9. The van der Waals surface area contributed by atoms with Gasteiger partial charge in [0.1, 0.15) is 0 Å². The van der Waals surface area contributed by atoms with Crippen LogP contribution in [0.1, 0.15) is 38.3 Å². The van der Waals surface area contributed by atoms with E-state index >= 15 is 0 Å². The van der Waals surface area contributed by atoms with Crippen molar-refractivity contribution in [3.63, 3.8) is 0 Å². The molecule has 1 rings (SSSR count). The molecule has 1 aromatic rings. The number of ether oxygens (including phenoxy) is 1. The second kappa shape index (κ2) is 7.05. The Balaban J connectivity index is 2.53. The highest BCUT2D eigenvalue weighted by Crippen LogP contribution is 2.17. The molecule has 2 N–H and O–H groups in total. The Morgan fingerprint density at radius 1 is 1.30 bits per heavy atom. The van der Waals surface area contributed by atoms with Crippen molar-refractivity contribution in [2.75, 3.05) is 7.11 Å². The third-order valence-corrected chi connectivity index (χ3v) is 2.97. The van der Waals surface area contributed by atoms with Gasteiger partial charge in [-0.05, 0) is 19.4 Å². The predicted molar refractivity (Wildman–Crippen MR) is 74.9 cm³/mol. The molecule has 5 nitrogen and oxygen atoms in total. The first-order chi connectivity index (χ1) is 9.34.